The van der Waals surface area contributed by atoms with Crippen LogP contribution < -0.4 is 15.5 Å². The molecule has 1 atom stereocenters. The second kappa shape index (κ2) is 7.54. The van der Waals surface area contributed by atoms with Crippen LogP contribution in [0.1, 0.15) is 49.0 Å². The Bertz CT molecular complexity index is 853. The number of amides is 2. The maximum absolute atomic E-state index is 12.7. The van der Waals surface area contributed by atoms with Gasteiger partial charge in [-0.25, -0.2) is 9.67 Å². The predicted molar refractivity (Wildman–Crippen MR) is 103 cm³/mol. The van der Waals surface area contributed by atoms with Crippen LogP contribution in [0.2, 0.25) is 0 Å². The van der Waals surface area contributed by atoms with Gasteiger partial charge in [0.2, 0.25) is 5.91 Å². The molecule has 2 amide bonds. The molecular weight excluding hydrogens is 344 g/mol. The summed E-state index contributed by atoms with van der Waals surface area (Å²) in [5.74, 6) is 0.675. The lowest BCUT2D eigenvalue weighted by Crippen LogP contribution is -2.45. The average molecular weight is 370 g/mol. The molecule has 0 spiro atoms. The normalized spacial score (nSPS) is 21.0. The van der Waals surface area contributed by atoms with Gasteiger partial charge in [-0.2, -0.15) is 5.10 Å². The number of aromatic nitrogens is 3. The first-order valence-electron chi connectivity index (χ1n) is 9.78. The number of nitrogens with zero attached hydrogens (tertiary/aromatic N) is 4. The molecule has 2 fully saturated rings. The van der Waals surface area contributed by atoms with E-state index in [2.05, 4.69) is 20.6 Å². The van der Waals surface area contributed by atoms with Crippen LogP contribution in [0.3, 0.4) is 0 Å². The molecule has 2 aliphatic rings. The Morgan fingerprint density at radius 3 is 2.74 bits per heavy atom. The maximum atomic E-state index is 12.7. The predicted octanol–water partition coefficient (Wildman–Crippen LogP) is 1.36. The number of fused-ring (bicyclic) bond motifs is 1. The molecule has 4 heterocycles. The van der Waals surface area contributed by atoms with Crippen molar-refractivity contribution in [2.75, 3.05) is 24.5 Å². The third-order valence-corrected chi connectivity index (χ3v) is 5.40. The molecule has 4 rings (SSSR count). The Hall–Kier alpha value is -2.64. The monoisotopic (exact) mass is 370 g/mol. The fourth-order valence-corrected chi connectivity index (χ4v) is 3.93. The highest BCUT2D eigenvalue weighted by Gasteiger charge is 2.24. The second-order valence-corrected chi connectivity index (χ2v) is 7.43. The molecule has 27 heavy (non-hydrogen) atoms. The number of carbonyl (C=O) groups excluding carboxylic acids is 2. The lowest BCUT2D eigenvalue weighted by molar-refractivity contribution is -0.122. The fraction of sp³-hybridized carbons (Fsp3) is 0.579. The van der Waals surface area contributed by atoms with E-state index in [1.54, 1.807) is 4.68 Å². The minimum atomic E-state index is -0.246. The van der Waals surface area contributed by atoms with Crippen LogP contribution in [0.15, 0.2) is 12.1 Å². The van der Waals surface area contributed by atoms with E-state index >= 15 is 0 Å². The molecule has 0 aromatic carbocycles. The fourth-order valence-electron chi connectivity index (χ4n) is 3.93. The highest BCUT2D eigenvalue weighted by molar-refractivity contribution is 6.04. The van der Waals surface area contributed by atoms with Gasteiger partial charge in [0.25, 0.3) is 5.91 Å². The highest BCUT2D eigenvalue weighted by atomic mass is 16.2. The van der Waals surface area contributed by atoms with Crippen LogP contribution >= 0.6 is 0 Å². The summed E-state index contributed by atoms with van der Waals surface area (Å²) in [5, 5.41) is 10.9. The summed E-state index contributed by atoms with van der Waals surface area (Å²) < 4.78 is 1.67. The number of aryl methyl sites for hydroxylation is 1. The first-order chi connectivity index (χ1) is 13.1. The van der Waals surface area contributed by atoms with Gasteiger partial charge in [-0.05, 0) is 31.4 Å². The number of carbonyl (C=O) groups is 2. The molecule has 1 unspecified atom stereocenters. The van der Waals surface area contributed by atoms with Gasteiger partial charge in [0, 0.05) is 39.1 Å². The van der Waals surface area contributed by atoms with Gasteiger partial charge in [-0.1, -0.05) is 12.8 Å². The number of anilines is 1. The third-order valence-electron chi connectivity index (χ3n) is 5.40. The Morgan fingerprint density at radius 1 is 1.22 bits per heavy atom. The number of piperidine rings is 1. The van der Waals surface area contributed by atoms with Crippen molar-refractivity contribution in [2.45, 2.75) is 44.6 Å². The molecule has 2 saturated heterocycles. The van der Waals surface area contributed by atoms with Crippen molar-refractivity contribution in [1.82, 2.24) is 25.4 Å². The van der Waals surface area contributed by atoms with Crippen LogP contribution in [0.5, 0.6) is 0 Å². The van der Waals surface area contributed by atoms with Crippen LogP contribution in [-0.2, 0) is 11.8 Å². The second-order valence-electron chi connectivity index (χ2n) is 7.43. The largest absolute Gasteiger partial charge is 0.357 e. The van der Waals surface area contributed by atoms with Gasteiger partial charge in [-0.15, -0.1) is 0 Å². The number of hydrogen-bond donors (Lipinski definition) is 2. The summed E-state index contributed by atoms with van der Waals surface area (Å²) >= 11 is 0. The summed E-state index contributed by atoms with van der Waals surface area (Å²) in [6.07, 6.45) is 5.97. The van der Waals surface area contributed by atoms with Crippen molar-refractivity contribution < 1.29 is 9.59 Å². The van der Waals surface area contributed by atoms with E-state index in [9.17, 15) is 9.59 Å². The Morgan fingerprint density at radius 2 is 2.00 bits per heavy atom. The minimum Gasteiger partial charge on any atom is -0.357 e. The lowest BCUT2D eigenvalue weighted by atomic mass is 10.1. The van der Waals surface area contributed by atoms with Gasteiger partial charge < -0.3 is 15.5 Å². The van der Waals surface area contributed by atoms with Gasteiger partial charge in [0.05, 0.1) is 5.39 Å². The third kappa shape index (κ3) is 3.74. The van der Waals surface area contributed by atoms with Crippen molar-refractivity contribution in [3.8, 4) is 0 Å². The minimum absolute atomic E-state index is 0.0267. The Labute approximate surface area is 158 Å². The first kappa shape index (κ1) is 17.8. The SMILES string of the molecule is Cn1nc(C(=O)NC2CCNC(=O)C2)c2ccc(N3CCCCCC3)nc21. The molecule has 2 aromatic rings. The van der Waals surface area contributed by atoms with E-state index in [1.807, 2.05) is 19.2 Å². The Kier molecular flexibility index (Phi) is 4.96. The van der Waals surface area contributed by atoms with Crippen LogP contribution in [-0.4, -0.2) is 52.3 Å². The topological polar surface area (TPSA) is 92.2 Å². The molecule has 0 aliphatic carbocycles. The van der Waals surface area contributed by atoms with Crippen molar-refractivity contribution in [3.63, 3.8) is 0 Å². The Balaban J connectivity index is 1.57. The highest BCUT2D eigenvalue weighted by Crippen LogP contribution is 2.23. The van der Waals surface area contributed by atoms with E-state index in [-0.39, 0.29) is 17.9 Å². The van der Waals surface area contributed by atoms with Crippen LogP contribution in [0.4, 0.5) is 5.82 Å². The number of nitrogens with one attached hydrogen (secondary N) is 2. The van der Waals surface area contributed by atoms with Gasteiger partial charge in [0.1, 0.15) is 5.82 Å². The zero-order chi connectivity index (χ0) is 18.8. The molecule has 8 nitrogen and oxygen atoms in total. The van der Waals surface area contributed by atoms with E-state index in [0.717, 1.165) is 30.7 Å². The summed E-state index contributed by atoms with van der Waals surface area (Å²) in [5.41, 5.74) is 1.08. The van der Waals surface area contributed by atoms with Gasteiger partial charge in [0.15, 0.2) is 11.3 Å². The van der Waals surface area contributed by atoms with Gasteiger partial charge >= 0.3 is 0 Å². The molecule has 2 aliphatic heterocycles. The first-order valence-corrected chi connectivity index (χ1v) is 9.78. The average Bonchev–Trinajstić information content (AvgIpc) is 2.84. The summed E-state index contributed by atoms with van der Waals surface area (Å²) in [6, 6.07) is 3.78. The number of rotatable bonds is 3. The van der Waals surface area contributed by atoms with Crippen molar-refractivity contribution in [3.05, 3.63) is 17.8 Å². The van der Waals surface area contributed by atoms with Crippen molar-refractivity contribution in [1.29, 1.82) is 0 Å². The standard InChI is InChI=1S/C19H26N6O2/c1-24-18-14(6-7-15(22-18)25-10-4-2-3-5-11-25)17(23-24)19(27)21-13-8-9-20-16(26)12-13/h6-7,13H,2-5,8-12H2,1H3,(H,20,26)(H,21,27). The van der Waals surface area contributed by atoms with Crippen LogP contribution in [0.25, 0.3) is 11.0 Å². The van der Waals surface area contributed by atoms with E-state index in [0.29, 0.717) is 24.3 Å². The molecule has 144 valence electrons. The van der Waals surface area contributed by atoms with Crippen molar-refractivity contribution in [2.24, 2.45) is 7.05 Å². The molecular formula is C19H26N6O2. The van der Waals surface area contributed by atoms with E-state index in [4.69, 9.17) is 4.98 Å². The van der Waals surface area contributed by atoms with E-state index < -0.39 is 0 Å². The maximum Gasteiger partial charge on any atom is 0.272 e. The van der Waals surface area contributed by atoms with E-state index in [1.165, 1.54) is 25.7 Å². The zero-order valence-electron chi connectivity index (χ0n) is 15.7. The van der Waals surface area contributed by atoms with Gasteiger partial charge in [-0.3, -0.25) is 9.59 Å². The molecule has 0 bridgehead atoms. The molecule has 2 aromatic heterocycles. The number of pyridine rings is 1. The zero-order valence-corrected chi connectivity index (χ0v) is 15.7. The molecule has 0 saturated carbocycles. The quantitative estimate of drug-likeness (QED) is 0.851. The molecule has 8 heteroatoms. The molecule has 2 N–H and O–H groups in total. The molecule has 0 radical (unpaired) electrons. The van der Waals surface area contributed by atoms with Crippen LogP contribution in [0, 0.1) is 0 Å². The number of hydrogen-bond acceptors (Lipinski definition) is 5. The lowest BCUT2D eigenvalue weighted by Gasteiger charge is -2.22. The summed E-state index contributed by atoms with van der Waals surface area (Å²) in [6.45, 7) is 2.63. The summed E-state index contributed by atoms with van der Waals surface area (Å²) in [7, 11) is 1.81. The summed E-state index contributed by atoms with van der Waals surface area (Å²) in [4.78, 5) is 31.3. The smallest absolute Gasteiger partial charge is 0.272 e. The van der Waals surface area contributed by atoms with Crippen molar-refractivity contribution >= 4 is 28.7 Å².